The van der Waals surface area contributed by atoms with Crippen molar-refractivity contribution in [2.75, 3.05) is 0 Å². The zero-order valence-electron chi connectivity index (χ0n) is 11.6. The Morgan fingerprint density at radius 1 is 1.25 bits per heavy atom. The van der Waals surface area contributed by atoms with Crippen LogP contribution in [-0.4, -0.2) is 26.0 Å². The first kappa shape index (κ1) is 12.7. The predicted octanol–water partition coefficient (Wildman–Crippen LogP) is 2.22. The summed E-state index contributed by atoms with van der Waals surface area (Å²) in [6, 6.07) is 8.12. The molecule has 0 fully saturated rings. The number of benzene rings is 1. The number of hydrogen-bond donors (Lipinski definition) is 2. The zero-order chi connectivity index (χ0) is 14.1. The Kier molecular flexibility index (Phi) is 3.20. The van der Waals surface area contributed by atoms with Crippen molar-refractivity contribution in [2.24, 2.45) is 5.73 Å². The van der Waals surface area contributed by atoms with Gasteiger partial charge in [-0.25, -0.2) is 15.0 Å². The van der Waals surface area contributed by atoms with Gasteiger partial charge in [0.25, 0.3) is 0 Å². The van der Waals surface area contributed by atoms with E-state index in [1.54, 1.807) is 6.33 Å². The Labute approximate surface area is 117 Å². The van der Waals surface area contributed by atoms with Gasteiger partial charge in [-0.2, -0.15) is 0 Å². The molecule has 1 unspecified atom stereocenters. The quantitative estimate of drug-likeness (QED) is 0.762. The molecule has 102 valence electrons. The molecule has 3 N–H and O–H groups in total. The van der Waals surface area contributed by atoms with Gasteiger partial charge < -0.3 is 10.7 Å². The van der Waals surface area contributed by atoms with E-state index < -0.39 is 0 Å². The Bertz CT molecular complexity index is 745. The van der Waals surface area contributed by atoms with E-state index in [2.05, 4.69) is 26.0 Å². The van der Waals surface area contributed by atoms with Crippen molar-refractivity contribution >= 4 is 11.0 Å². The van der Waals surface area contributed by atoms with E-state index >= 15 is 0 Å². The minimum absolute atomic E-state index is 0.0553. The summed E-state index contributed by atoms with van der Waals surface area (Å²) in [5.41, 5.74) is 10.7. The molecule has 3 rings (SSSR count). The number of aryl methyl sites for hydroxylation is 1. The highest BCUT2D eigenvalue weighted by Crippen LogP contribution is 2.22. The molecule has 5 heteroatoms. The molecule has 1 aromatic carbocycles. The number of rotatable bonds is 3. The lowest BCUT2D eigenvalue weighted by molar-refractivity contribution is 0.700. The number of H-pyrrole nitrogens is 1. The topological polar surface area (TPSA) is 80.5 Å². The summed E-state index contributed by atoms with van der Waals surface area (Å²) in [5.74, 6) is 0.791. The summed E-state index contributed by atoms with van der Waals surface area (Å²) in [7, 11) is 0. The average Bonchev–Trinajstić information content (AvgIpc) is 2.84. The number of nitrogens with two attached hydrogens (primary N) is 1. The standard InChI is InChI=1S/C15H17N5/c1-9(16)5-15-19-10(2)6-13(20-15)11-3-4-12-14(7-11)18-8-17-12/h3-4,6-9H,5,16H2,1-2H3,(H,17,18). The lowest BCUT2D eigenvalue weighted by Gasteiger charge is -2.08. The van der Waals surface area contributed by atoms with Gasteiger partial charge in [0.05, 0.1) is 23.1 Å². The van der Waals surface area contributed by atoms with Gasteiger partial charge in [0, 0.05) is 23.7 Å². The largest absolute Gasteiger partial charge is 0.345 e. The number of aromatic nitrogens is 4. The molecule has 0 saturated carbocycles. The van der Waals surface area contributed by atoms with Crippen LogP contribution in [0.2, 0.25) is 0 Å². The molecule has 0 amide bonds. The second kappa shape index (κ2) is 5.02. The molecule has 0 aliphatic heterocycles. The van der Waals surface area contributed by atoms with E-state index in [-0.39, 0.29) is 6.04 Å². The van der Waals surface area contributed by atoms with Crippen LogP contribution in [0.5, 0.6) is 0 Å². The van der Waals surface area contributed by atoms with Gasteiger partial charge in [0.15, 0.2) is 0 Å². The van der Waals surface area contributed by atoms with Crippen LogP contribution in [0.25, 0.3) is 22.3 Å². The minimum atomic E-state index is 0.0553. The minimum Gasteiger partial charge on any atom is -0.345 e. The van der Waals surface area contributed by atoms with Crippen molar-refractivity contribution in [1.29, 1.82) is 0 Å². The third kappa shape index (κ3) is 2.53. The molecule has 0 bridgehead atoms. The van der Waals surface area contributed by atoms with Crippen LogP contribution >= 0.6 is 0 Å². The van der Waals surface area contributed by atoms with Crippen LogP contribution in [0.4, 0.5) is 0 Å². The van der Waals surface area contributed by atoms with Crippen molar-refractivity contribution in [2.45, 2.75) is 26.3 Å². The van der Waals surface area contributed by atoms with E-state index in [9.17, 15) is 0 Å². The lowest BCUT2D eigenvalue weighted by Crippen LogP contribution is -2.19. The van der Waals surface area contributed by atoms with Crippen molar-refractivity contribution < 1.29 is 0 Å². The fourth-order valence-corrected chi connectivity index (χ4v) is 2.25. The fourth-order valence-electron chi connectivity index (χ4n) is 2.25. The van der Waals surface area contributed by atoms with Gasteiger partial charge in [-0.3, -0.25) is 0 Å². The van der Waals surface area contributed by atoms with Crippen LogP contribution in [0.1, 0.15) is 18.4 Å². The summed E-state index contributed by atoms with van der Waals surface area (Å²) in [6.07, 6.45) is 2.38. The maximum atomic E-state index is 5.83. The van der Waals surface area contributed by atoms with Gasteiger partial charge in [-0.05, 0) is 32.0 Å². The van der Waals surface area contributed by atoms with Gasteiger partial charge in [0.2, 0.25) is 0 Å². The molecule has 3 aromatic rings. The van der Waals surface area contributed by atoms with Gasteiger partial charge in [0.1, 0.15) is 5.82 Å². The third-order valence-corrected chi connectivity index (χ3v) is 3.12. The molecule has 1 atom stereocenters. The summed E-state index contributed by atoms with van der Waals surface area (Å²) in [5, 5.41) is 0. The highest BCUT2D eigenvalue weighted by atomic mass is 14.9. The maximum absolute atomic E-state index is 5.83. The summed E-state index contributed by atoms with van der Waals surface area (Å²) >= 11 is 0. The first-order valence-corrected chi connectivity index (χ1v) is 6.65. The van der Waals surface area contributed by atoms with Crippen LogP contribution < -0.4 is 5.73 Å². The van der Waals surface area contributed by atoms with E-state index in [1.165, 1.54) is 0 Å². The molecule has 5 nitrogen and oxygen atoms in total. The van der Waals surface area contributed by atoms with Gasteiger partial charge in [-0.15, -0.1) is 0 Å². The summed E-state index contributed by atoms with van der Waals surface area (Å²) < 4.78 is 0. The van der Waals surface area contributed by atoms with E-state index in [0.717, 1.165) is 33.8 Å². The first-order valence-electron chi connectivity index (χ1n) is 6.65. The molecule has 2 heterocycles. The number of imidazole rings is 1. The fraction of sp³-hybridized carbons (Fsp3) is 0.267. The van der Waals surface area contributed by atoms with Crippen molar-refractivity contribution in [3.05, 3.63) is 42.1 Å². The highest BCUT2D eigenvalue weighted by molar-refractivity contribution is 5.80. The molecule has 0 aliphatic carbocycles. The SMILES string of the molecule is Cc1cc(-c2ccc3nc[nH]c3c2)nc(CC(C)N)n1. The Balaban J connectivity index is 2.05. The number of aromatic amines is 1. The Morgan fingerprint density at radius 3 is 2.90 bits per heavy atom. The van der Waals surface area contributed by atoms with Crippen LogP contribution in [-0.2, 0) is 6.42 Å². The van der Waals surface area contributed by atoms with Crippen molar-refractivity contribution in [3.8, 4) is 11.3 Å². The Morgan fingerprint density at radius 2 is 2.10 bits per heavy atom. The predicted molar refractivity (Wildman–Crippen MR) is 79.2 cm³/mol. The molecule has 0 radical (unpaired) electrons. The second-order valence-electron chi connectivity index (χ2n) is 5.13. The molecule has 20 heavy (non-hydrogen) atoms. The zero-order valence-corrected chi connectivity index (χ0v) is 11.6. The van der Waals surface area contributed by atoms with Crippen LogP contribution in [0, 0.1) is 6.92 Å². The van der Waals surface area contributed by atoms with Gasteiger partial charge >= 0.3 is 0 Å². The number of nitrogens with zero attached hydrogens (tertiary/aromatic N) is 3. The third-order valence-electron chi connectivity index (χ3n) is 3.12. The normalized spacial score (nSPS) is 12.8. The van der Waals surface area contributed by atoms with Crippen molar-refractivity contribution in [3.63, 3.8) is 0 Å². The number of fused-ring (bicyclic) bond motifs is 1. The number of hydrogen-bond acceptors (Lipinski definition) is 4. The van der Waals surface area contributed by atoms with Crippen LogP contribution in [0.15, 0.2) is 30.6 Å². The molecule has 0 aliphatic rings. The van der Waals surface area contributed by atoms with E-state index in [4.69, 9.17) is 5.73 Å². The van der Waals surface area contributed by atoms with Crippen molar-refractivity contribution in [1.82, 2.24) is 19.9 Å². The molecule has 0 spiro atoms. The first-order chi connectivity index (χ1) is 9.61. The lowest BCUT2D eigenvalue weighted by atomic mass is 10.1. The summed E-state index contributed by atoms with van der Waals surface area (Å²) in [4.78, 5) is 16.4. The molecule has 0 saturated heterocycles. The Hall–Kier alpha value is -2.27. The second-order valence-corrected chi connectivity index (χ2v) is 5.13. The monoisotopic (exact) mass is 267 g/mol. The van der Waals surface area contributed by atoms with E-state index in [0.29, 0.717) is 6.42 Å². The van der Waals surface area contributed by atoms with Crippen LogP contribution in [0.3, 0.4) is 0 Å². The summed E-state index contributed by atoms with van der Waals surface area (Å²) in [6.45, 7) is 3.94. The molecular weight excluding hydrogens is 250 g/mol. The van der Waals surface area contributed by atoms with E-state index in [1.807, 2.05) is 32.0 Å². The molecular formula is C15H17N5. The molecule has 2 aromatic heterocycles. The maximum Gasteiger partial charge on any atom is 0.130 e. The van der Waals surface area contributed by atoms with Gasteiger partial charge in [-0.1, -0.05) is 6.07 Å². The highest BCUT2D eigenvalue weighted by Gasteiger charge is 2.08. The smallest absolute Gasteiger partial charge is 0.130 e. The average molecular weight is 267 g/mol. The number of nitrogens with one attached hydrogen (secondary N) is 1.